The lowest BCUT2D eigenvalue weighted by Crippen LogP contribution is -2.08. The van der Waals surface area contributed by atoms with E-state index in [4.69, 9.17) is 0 Å². The van der Waals surface area contributed by atoms with Crippen LogP contribution < -0.4 is 5.32 Å². The molecule has 1 aromatic rings. The molecular weight excluding hydrogens is 168 g/mol. The van der Waals surface area contributed by atoms with E-state index in [2.05, 4.69) is 22.0 Å². The lowest BCUT2D eigenvalue weighted by Gasteiger charge is -1.96. The van der Waals surface area contributed by atoms with E-state index >= 15 is 0 Å². The second-order valence-corrected chi connectivity index (χ2v) is 2.64. The summed E-state index contributed by atoms with van der Waals surface area (Å²) < 4.78 is 1.59. The van der Waals surface area contributed by atoms with Crippen molar-refractivity contribution in [2.24, 2.45) is 0 Å². The third-order valence-electron chi connectivity index (χ3n) is 1.33. The summed E-state index contributed by atoms with van der Waals surface area (Å²) in [5.74, 6) is 0.928. The van der Waals surface area contributed by atoms with Gasteiger partial charge in [0.05, 0.1) is 13.8 Å². The molecule has 0 aliphatic carbocycles. The molecule has 0 aliphatic heterocycles. The highest BCUT2D eigenvalue weighted by molar-refractivity contribution is 5.87. The minimum atomic E-state index is -0.162. The zero-order valence-corrected chi connectivity index (χ0v) is 7.61. The van der Waals surface area contributed by atoms with Crippen molar-refractivity contribution in [3.63, 3.8) is 0 Å². The highest BCUT2D eigenvalue weighted by atomic mass is 16.1. The molecular formula is C8H11N4O+. The maximum absolute atomic E-state index is 10.6. The third kappa shape index (κ3) is 2.62. The van der Waals surface area contributed by atoms with Gasteiger partial charge in [0, 0.05) is 6.92 Å². The zero-order valence-electron chi connectivity index (χ0n) is 7.61. The van der Waals surface area contributed by atoms with Crippen molar-refractivity contribution < 1.29 is 9.37 Å². The van der Waals surface area contributed by atoms with Gasteiger partial charge in [0.25, 0.3) is 0 Å². The molecule has 0 saturated carbocycles. The van der Waals surface area contributed by atoms with E-state index in [-0.39, 0.29) is 5.91 Å². The molecule has 0 saturated heterocycles. The molecule has 0 radical (unpaired) electrons. The lowest BCUT2D eigenvalue weighted by molar-refractivity contribution is -0.399. The van der Waals surface area contributed by atoms with Gasteiger partial charge in [-0.15, -0.1) is 0 Å². The van der Waals surface area contributed by atoms with Crippen LogP contribution in [-0.4, -0.2) is 34.2 Å². The van der Waals surface area contributed by atoms with Crippen LogP contribution in [0.1, 0.15) is 6.92 Å². The normalized spacial score (nSPS) is 9.38. The van der Waals surface area contributed by atoms with Crippen LogP contribution in [0.15, 0.2) is 12.4 Å². The Hall–Kier alpha value is -1.78. The maximum Gasteiger partial charge on any atom is 0.340 e. The van der Waals surface area contributed by atoms with Crippen molar-refractivity contribution in [1.29, 1.82) is 0 Å². The highest BCUT2D eigenvalue weighted by Crippen LogP contribution is 2.05. The third-order valence-corrected chi connectivity index (χ3v) is 1.33. The van der Waals surface area contributed by atoms with Gasteiger partial charge in [-0.1, -0.05) is 0 Å². The van der Waals surface area contributed by atoms with Crippen molar-refractivity contribution in [2.45, 2.75) is 6.92 Å². The number of rotatable bonds is 2. The molecule has 1 amide bonds. The van der Waals surface area contributed by atoms with Crippen LogP contribution in [0, 0.1) is 0 Å². The van der Waals surface area contributed by atoms with E-state index in [1.165, 1.54) is 19.3 Å². The number of amides is 1. The molecule has 0 aromatic carbocycles. The van der Waals surface area contributed by atoms with Crippen LogP contribution in [0.4, 0.5) is 11.6 Å². The van der Waals surface area contributed by atoms with Crippen molar-refractivity contribution in [3.8, 4) is 0 Å². The predicted molar refractivity (Wildman–Crippen MR) is 49.3 cm³/mol. The monoisotopic (exact) mass is 179 g/mol. The summed E-state index contributed by atoms with van der Waals surface area (Å²) in [5.41, 5.74) is 0. The average Bonchev–Trinajstić information content (AvgIpc) is 2.04. The Morgan fingerprint density at radius 2 is 2.23 bits per heavy atom. The smallest absolute Gasteiger partial charge is 0.308 e. The molecule has 0 unspecified atom stereocenters. The number of hydrogen-bond donors (Lipinski definition) is 1. The fourth-order valence-corrected chi connectivity index (χ4v) is 0.763. The summed E-state index contributed by atoms with van der Waals surface area (Å²) in [5, 5.41) is 2.52. The Balaban J connectivity index is 2.81. The second-order valence-electron chi connectivity index (χ2n) is 2.64. The van der Waals surface area contributed by atoms with Gasteiger partial charge in [-0.3, -0.25) is 4.79 Å². The Labute approximate surface area is 76.1 Å². The van der Waals surface area contributed by atoms with Gasteiger partial charge in [0.15, 0.2) is 12.0 Å². The van der Waals surface area contributed by atoms with E-state index in [0.717, 1.165) is 0 Å². The molecule has 0 spiro atoms. The van der Waals surface area contributed by atoms with Crippen LogP contribution >= 0.6 is 0 Å². The molecule has 0 atom stereocenters. The molecule has 0 bridgehead atoms. The summed E-state index contributed by atoms with van der Waals surface area (Å²) >= 11 is 0. The first kappa shape index (κ1) is 9.31. The van der Waals surface area contributed by atoms with Gasteiger partial charge >= 0.3 is 5.82 Å². The Morgan fingerprint density at radius 3 is 2.62 bits per heavy atom. The van der Waals surface area contributed by atoms with Crippen LogP contribution in [0.2, 0.25) is 0 Å². The number of anilines is 1. The number of aromatic nitrogens is 2. The molecule has 1 heterocycles. The van der Waals surface area contributed by atoms with Gasteiger partial charge in [-0.2, -0.15) is 0 Å². The van der Waals surface area contributed by atoms with Crippen molar-refractivity contribution in [3.05, 3.63) is 12.4 Å². The highest BCUT2D eigenvalue weighted by Gasteiger charge is 2.05. The Morgan fingerprint density at radius 1 is 1.54 bits per heavy atom. The molecule has 68 valence electrons. The minimum Gasteiger partial charge on any atom is -0.308 e. The molecule has 0 aliphatic rings. The van der Waals surface area contributed by atoms with Gasteiger partial charge in [0.2, 0.25) is 5.91 Å². The second kappa shape index (κ2) is 3.75. The van der Waals surface area contributed by atoms with Crippen LogP contribution in [0.25, 0.3) is 0 Å². The van der Waals surface area contributed by atoms with Gasteiger partial charge < -0.3 is 5.32 Å². The number of nitrogens with one attached hydrogen (secondary N) is 1. The Bertz CT molecular complexity index is 331. The fraction of sp³-hybridized carbons (Fsp3) is 0.250. The minimum absolute atomic E-state index is 0.162. The topological polar surface area (TPSA) is 57.9 Å². The van der Waals surface area contributed by atoms with Crippen LogP contribution in [0.3, 0.4) is 0 Å². The SMILES string of the molecule is C=[N+](C)c1cnc(NC(C)=O)cn1. The molecule has 5 heteroatoms. The number of carbonyl (C=O) groups is 1. The zero-order chi connectivity index (χ0) is 9.84. The van der Waals surface area contributed by atoms with E-state index < -0.39 is 0 Å². The van der Waals surface area contributed by atoms with Crippen LogP contribution in [0.5, 0.6) is 0 Å². The first-order chi connectivity index (χ1) is 6.09. The van der Waals surface area contributed by atoms with Crippen molar-refractivity contribution in [1.82, 2.24) is 9.97 Å². The van der Waals surface area contributed by atoms with Crippen molar-refractivity contribution >= 4 is 24.3 Å². The first-order valence-corrected chi connectivity index (χ1v) is 3.73. The molecule has 1 aromatic heterocycles. The standard InChI is InChI=1S/C8H10N4O/c1-6(13)11-7-4-10-8(5-9-7)12(2)3/h4-5H,2H2,1,3H3/p+1. The molecule has 13 heavy (non-hydrogen) atoms. The van der Waals surface area contributed by atoms with E-state index in [1.807, 2.05) is 0 Å². The van der Waals surface area contributed by atoms with E-state index in [9.17, 15) is 4.79 Å². The van der Waals surface area contributed by atoms with Gasteiger partial charge in [-0.05, 0) is 4.98 Å². The first-order valence-electron chi connectivity index (χ1n) is 3.73. The van der Waals surface area contributed by atoms with Gasteiger partial charge in [-0.25, -0.2) is 9.56 Å². The van der Waals surface area contributed by atoms with E-state index in [0.29, 0.717) is 11.6 Å². The maximum atomic E-state index is 10.6. The Kier molecular flexibility index (Phi) is 2.69. The lowest BCUT2D eigenvalue weighted by atomic mass is 10.6. The summed E-state index contributed by atoms with van der Waals surface area (Å²) in [7, 11) is 1.77. The number of carbonyl (C=O) groups excluding carboxylic acids is 1. The predicted octanol–water partition coefficient (Wildman–Crippen LogP) is 0.409. The molecule has 1 rings (SSSR count). The summed E-state index contributed by atoms with van der Waals surface area (Å²) in [4.78, 5) is 18.6. The summed E-state index contributed by atoms with van der Waals surface area (Å²) in [6.07, 6.45) is 3.02. The molecule has 0 fully saturated rings. The number of nitrogens with zero attached hydrogens (tertiary/aromatic N) is 3. The van der Waals surface area contributed by atoms with E-state index in [1.54, 1.807) is 11.6 Å². The average molecular weight is 179 g/mol. The number of hydrogen-bond acceptors (Lipinski definition) is 3. The summed E-state index contributed by atoms with van der Waals surface area (Å²) in [6, 6.07) is 0. The van der Waals surface area contributed by atoms with Crippen LogP contribution in [-0.2, 0) is 4.79 Å². The summed E-state index contributed by atoms with van der Waals surface area (Å²) in [6.45, 7) is 5.06. The molecule has 5 nitrogen and oxygen atoms in total. The van der Waals surface area contributed by atoms with Crippen molar-refractivity contribution in [2.75, 3.05) is 12.4 Å². The fourth-order valence-electron chi connectivity index (χ4n) is 0.763. The largest absolute Gasteiger partial charge is 0.340 e. The molecule has 1 N–H and O–H groups in total. The van der Waals surface area contributed by atoms with Gasteiger partial charge in [0.1, 0.15) is 6.20 Å². The quantitative estimate of drug-likeness (QED) is 0.528.